The van der Waals surface area contributed by atoms with Gasteiger partial charge >= 0.3 is 0 Å². The molecular formula is C13H18BrN3O. The number of hydrogen-bond donors (Lipinski definition) is 2. The van der Waals surface area contributed by atoms with Gasteiger partial charge in [-0.15, -0.1) is 0 Å². The molecule has 5 heteroatoms. The first-order chi connectivity index (χ1) is 8.61. The van der Waals surface area contributed by atoms with E-state index in [2.05, 4.69) is 26.1 Å². The van der Waals surface area contributed by atoms with Gasteiger partial charge < -0.3 is 16.0 Å². The highest BCUT2D eigenvalue weighted by molar-refractivity contribution is 9.10. The molecule has 1 unspecified atom stereocenters. The lowest BCUT2D eigenvalue weighted by Gasteiger charge is -2.21. The van der Waals surface area contributed by atoms with Crippen LogP contribution in [-0.2, 0) is 0 Å². The van der Waals surface area contributed by atoms with Crippen molar-refractivity contribution in [3.8, 4) is 0 Å². The summed E-state index contributed by atoms with van der Waals surface area (Å²) in [6.07, 6.45) is 1.15. The number of nitrogens with one attached hydrogen (secondary N) is 1. The molecule has 1 aromatic rings. The van der Waals surface area contributed by atoms with Gasteiger partial charge in [-0.25, -0.2) is 0 Å². The number of hydrogen-bond acceptors (Lipinski definition) is 3. The first-order valence-electron chi connectivity index (χ1n) is 6.10. The van der Waals surface area contributed by atoms with Crippen LogP contribution < -0.4 is 16.0 Å². The monoisotopic (exact) mass is 311 g/mol. The van der Waals surface area contributed by atoms with Gasteiger partial charge in [-0.3, -0.25) is 4.79 Å². The number of nitrogens with zero attached hydrogens (tertiary/aromatic N) is 1. The van der Waals surface area contributed by atoms with Crippen molar-refractivity contribution in [1.29, 1.82) is 0 Å². The van der Waals surface area contributed by atoms with Gasteiger partial charge in [-0.1, -0.05) is 15.9 Å². The minimum atomic E-state index is -0.372. The number of nitrogens with two attached hydrogens (primary N) is 1. The highest BCUT2D eigenvalue weighted by Gasteiger charge is 2.24. The van der Waals surface area contributed by atoms with Crippen LogP contribution in [0.1, 0.15) is 16.8 Å². The van der Waals surface area contributed by atoms with Gasteiger partial charge in [0, 0.05) is 23.2 Å². The predicted octanol–water partition coefficient (Wildman–Crippen LogP) is 1.59. The minimum absolute atomic E-state index is 0.372. The van der Waals surface area contributed by atoms with Gasteiger partial charge in [0.05, 0.1) is 5.56 Å². The van der Waals surface area contributed by atoms with Crippen LogP contribution in [0.3, 0.4) is 0 Å². The van der Waals surface area contributed by atoms with E-state index < -0.39 is 0 Å². The van der Waals surface area contributed by atoms with Gasteiger partial charge in [0.2, 0.25) is 0 Å². The first-order valence-corrected chi connectivity index (χ1v) is 6.90. The number of rotatable bonds is 4. The maximum atomic E-state index is 11.5. The number of anilines is 1. The minimum Gasteiger partial charge on any atom is -0.371 e. The zero-order valence-electron chi connectivity index (χ0n) is 10.4. The van der Waals surface area contributed by atoms with Crippen LogP contribution in [0.2, 0.25) is 0 Å². The molecule has 1 atom stereocenters. The first kappa shape index (κ1) is 13.4. The van der Waals surface area contributed by atoms with Crippen molar-refractivity contribution in [3.63, 3.8) is 0 Å². The molecular weight excluding hydrogens is 294 g/mol. The number of benzene rings is 1. The van der Waals surface area contributed by atoms with Crippen LogP contribution in [-0.4, -0.2) is 32.6 Å². The van der Waals surface area contributed by atoms with Crippen molar-refractivity contribution in [1.82, 2.24) is 5.32 Å². The van der Waals surface area contributed by atoms with E-state index in [9.17, 15) is 4.79 Å². The van der Waals surface area contributed by atoms with Crippen molar-refractivity contribution >= 4 is 27.5 Å². The molecule has 0 spiro atoms. The molecule has 1 saturated heterocycles. The van der Waals surface area contributed by atoms with Crippen LogP contribution in [0.25, 0.3) is 0 Å². The van der Waals surface area contributed by atoms with Gasteiger partial charge in [0.25, 0.3) is 5.91 Å². The van der Waals surface area contributed by atoms with Crippen molar-refractivity contribution < 1.29 is 4.79 Å². The Hall–Kier alpha value is -1.07. The number of halogens is 1. The fraction of sp³-hybridized carbons (Fsp3) is 0.462. The molecule has 1 amide bonds. The summed E-state index contributed by atoms with van der Waals surface area (Å²) < 4.78 is 0.881. The van der Waals surface area contributed by atoms with E-state index in [0.717, 1.165) is 36.2 Å². The van der Waals surface area contributed by atoms with Crippen LogP contribution >= 0.6 is 15.9 Å². The quantitative estimate of drug-likeness (QED) is 0.888. The molecule has 98 valence electrons. The molecule has 18 heavy (non-hydrogen) atoms. The van der Waals surface area contributed by atoms with E-state index in [1.807, 2.05) is 19.2 Å². The normalized spacial score (nSPS) is 19.2. The third-order valence-electron chi connectivity index (χ3n) is 3.34. The Kier molecular flexibility index (Phi) is 4.24. The fourth-order valence-corrected chi connectivity index (χ4v) is 2.85. The Morgan fingerprint density at radius 2 is 2.39 bits per heavy atom. The van der Waals surface area contributed by atoms with Crippen molar-refractivity contribution in [3.05, 3.63) is 28.2 Å². The molecule has 0 radical (unpaired) electrons. The standard InChI is InChI=1S/C13H18BrN3O/c1-16-7-9-4-5-17(8-9)12-3-2-10(14)6-11(12)13(15)18/h2-3,6,9,16H,4-5,7-8H2,1H3,(H2,15,18). The lowest BCUT2D eigenvalue weighted by Crippen LogP contribution is -2.26. The molecule has 2 rings (SSSR count). The SMILES string of the molecule is CNCC1CCN(c2ccc(Br)cc2C(N)=O)C1. The zero-order chi connectivity index (χ0) is 13.1. The molecule has 1 fully saturated rings. The lowest BCUT2D eigenvalue weighted by atomic mass is 10.1. The summed E-state index contributed by atoms with van der Waals surface area (Å²) >= 11 is 3.37. The second kappa shape index (κ2) is 5.71. The number of carbonyl (C=O) groups excluding carboxylic acids is 1. The Labute approximate surface area is 116 Å². The Morgan fingerprint density at radius 1 is 1.61 bits per heavy atom. The largest absolute Gasteiger partial charge is 0.371 e. The summed E-state index contributed by atoms with van der Waals surface area (Å²) in [4.78, 5) is 13.7. The van der Waals surface area contributed by atoms with Crippen molar-refractivity contribution in [2.45, 2.75) is 6.42 Å². The Bertz CT molecular complexity index is 450. The molecule has 0 bridgehead atoms. The van der Waals surface area contributed by atoms with E-state index in [0.29, 0.717) is 11.5 Å². The molecule has 3 N–H and O–H groups in total. The van der Waals surface area contributed by atoms with E-state index in [-0.39, 0.29) is 5.91 Å². The number of amides is 1. The molecule has 1 aliphatic rings. The van der Waals surface area contributed by atoms with Crippen molar-refractivity contribution in [2.24, 2.45) is 11.7 Å². The summed E-state index contributed by atoms with van der Waals surface area (Å²) in [6.45, 7) is 2.97. The third kappa shape index (κ3) is 2.84. The summed E-state index contributed by atoms with van der Waals surface area (Å²) in [7, 11) is 1.97. The highest BCUT2D eigenvalue weighted by atomic mass is 79.9. The van der Waals surface area contributed by atoms with E-state index in [1.54, 1.807) is 6.07 Å². The fourth-order valence-electron chi connectivity index (χ4n) is 2.49. The van der Waals surface area contributed by atoms with Gasteiger partial charge in [0.1, 0.15) is 0 Å². The van der Waals surface area contributed by atoms with Crippen LogP contribution in [0, 0.1) is 5.92 Å². The Morgan fingerprint density at radius 3 is 3.06 bits per heavy atom. The third-order valence-corrected chi connectivity index (χ3v) is 3.84. The maximum absolute atomic E-state index is 11.5. The van der Waals surface area contributed by atoms with Gasteiger partial charge in [-0.2, -0.15) is 0 Å². The number of carbonyl (C=O) groups is 1. The summed E-state index contributed by atoms with van der Waals surface area (Å²) in [5, 5.41) is 3.20. The molecule has 1 aromatic carbocycles. The molecule has 0 aromatic heterocycles. The topological polar surface area (TPSA) is 58.4 Å². The molecule has 0 aliphatic carbocycles. The predicted molar refractivity (Wildman–Crippen MR) is 76.9 cm³/mol. The Balaban J connectivity index is 2.21. The molecule has 4 nitrogen and oxygen atoms in total. The van der Waals surface area contributed by atoms with Crippen molar-refractivity contribution in [2.75, 3.05) is 31.6 Å². The zero-order valence-corrected chi connectivity index (χ0v) is 12.0. The number of primary amides is 1. The average Bonchev–Trinajstić information content (AvgIpc) is 2.78. The molecule has 0 saturated carbocycles. The summed E-state index contributed by atoms with van der Waals surface area (Å²) in [6, 6.07) is 5.71. The van der Waals surface area contributed by atoms with E-state index >= 15 is 0 Å². The maximum Gasteiger partial charge on any atom is 0.250 e. The van der Waals surface area contributed by atoms with E-state index in [1.165, 1.54) is 0 Å². The van der Waals surface area contributed by atoms with Crippen LogP contribution in [0.15, 0.2) is 22.7 Å². The van der Waals surface area contributed by atoms with E-state index in [4.69, 9.17) is 5.73 Å². The summed E-state index contributed by atoms with van der Waals surface area (Å²) in [5.41, 5.74) is 6.99. The molecule has 1 aliphatic heterocycles. The second-order valence-corrected chi connectivity index (χ2v) is 5.60. The van der Waals surface area contributed by atoms with Gasteiger partial charge in [0.15, 0.2) is 0 Å². The average molecular weight is 312 g/mol. The lowest BCUT2D eigenvalue weighted by molar-refractivity contribution is 0.100. The molecule has 1 heterocycles. The van der Waals surface area contributed by atoms with Crippen LogP contribution in [0.5, 0.6) is 0 Å². The highest BCUT2D eigenvalue weighted by Crippen LogP contribution is 2.29. The second-order valence-electron chi connectivity index (χ2n) is 4.68. The summed E-state index contributed by atoms with van der Waals surface area (Å²) in [5.74, 6) is 0.266. The van der Waals surface area contributed by atoms with Gasteiger partial charge in [-0.05, 0) is 44.1 Å². The van der Waals surface area contributed by atoms with Crippen LogP contribution in [0.4, 0.5) is 5.69 Å². The smallest absolute Gasteiger partial charge is 0.250 e.